The maximum atomic E-state index is 12.9. The molecule has 6 heteroatoms. The van der Waals surface area contributed by atoms with Crippen LogP contribution < -0.4 is 4.74 Å². The Bertz CT molecular complexity index is 463. The molecule has 2 rings (SSSR count). The molecule has 0 N–H and O–H groups in total. The number of ether oxygens (including phenoxy) is 2. The van der Waals surface area contributed by atoms with Crippen LogP contribution in [-0.4, -0.2) is 43.2 Å². The molecule has 1 fully saturated rings. The third-order valence-corrected chi connectivity index (χ3v) is 3.16. The van der Waals surface area contributed by atoms with Gasteiger partial charge in [-0.15, -0.1) is 0 Å². The second-order valence-corrected chi connectivity index (χ2v) is 4.68. The quantitative estimate of drug-likeness (QED) is 0.855. The number of carbonyl (C=O) groups is 1. The van der Waals surface area contributed by atoms with Crippen molar-refractivity contribution in [3.8, 4) is 5.75 Å². The Balaban J connectivity index is 1.99. The first-order valence-corrected chi connectivity index (χ1v) is 6.44. The molecular formula is C13H15ClFNO3. The van der Waals surface area contributed by atoms with Gasteiger partial charge in [0, 0.05) is 13.1 Å². The van der Waals surface area contributed by atoms with Crippen LogP contribution in [0.25, 0.3) is 0 Å². The van der Waals surface area contributed by atoms with Crippen molar-refractivity contribution in [2.45, 2.75) is 13.0 Å². The van der Waals surface area contributed by atoms with E-state index in [1.54, 1.807) is 11.8 Å². The smallest absolute Gasteiger partial charge is 0.263 e. The van der Waals surface area contributed by atoms with Crippen molar-refractivity contribution in [2.24, 2.45) is 0 Å². The minimum absolute atomic E-state index is 0.122. The first kappa shape index (κ1) is 14.1. The normalized spacial score (nSPS) is 17.1. The van der Waals surface area contributed by atoms with Crippen LogP contribution in [0, 0.1) is 5.82 Å². The van der Waals surface area contributed by atoms with Crippen LogP contribution in [0.1, 0.15) is 6.92 Å². The summed E-state index contributed by atoms with van der Waals surface area (Å²) < 4.78 is 23.6. The molecule has 0 unspecified atom stereocenters. The number of amides is 1. The van der Waals surface area contributed by atoms with E-state index >= 15 is 0 Å². The Kier molecular flexibility index (Phi) is 4.61. The van der Waals surface area contributed by atoms with Gasteiger partial charge in [-0.05, 0) is 25.1 Å². The molecule has 1 aliphatic rings. The summed E-state index contributed by atoms with van der Waals surface area (Å²) in [5.41, 5.74) is 0. The van der Waals surface area contributed by atoms with Crippen molar-refractivity contribution < 1.29 is 18.7 Å². The summed E-state index contributed by atoms with van der Waals surface area (Å²) in [5, 5.41) is 0.154. The first-order valence-electron chi connectivity index (χ1n) is 6.06. The van der Waals surface area contributed by atoms with Gasteiger partial charge in [-0.2, -0.15) is 0 Å². The van der Waals surface area contributed by atoms with E-state index in [2.05, 4.69) is 0 Å². The Morgan fingerprint density at radius 1 is 1.47 bits per heavy atom. The van der Waals surface area contributed by atoms with Crippen molar-refractivity contribution in [2.75, 3.05) is 26.3 Å². The molecule has 104 valence electrons. The number of rotatable bonds is 3. The lowest BCUT2D eigenvalue weighted by Crippen LogP contribution is -2.46. The summed E-state index contributed by atoms with van der Waals surface area (Å²) in [6.45, 7) is 3.84. The van der Waals surface area contributed by atoms with E-state index in [0.717, 1.165) is 6.07 Å². The molecule has 1 heterocycles. The highest BCUT2D eigenvalue weighted by Crippen LogP contribution is 2.26. The molecule has 1 aliphatic heterocycles. The number of hydrogen-bond acceptors (Lipinski definition) is 3. The average Bonchev–Trinajstić information content (AvgIpc) is 2.42. The molecule has 0 saturated carbocycles. The third kappa shape index (κ3) is 3.58. The highest BCUT2D eigenvalue weighted by Gasteiger charge is 2.24. The van der Waals surface area contributed by atoms with Crippen LogP contribution in [0.4, 0.5) is 4.39 Å². The van der Waals surface area contributed by atoms with E-state index in [1.165, 1.54) is 12.1 Å². The lowest BCUT2D eigenvalue weighted by Gasteiger charge is -2.29. The lowest BCUT2D eigenvalue weighted by atomic mass is 10.3. The summed E-state index contributed by atoms with van der Waals surface area (Å²) in [7, 11) is 0. The summed E-state index contributed by atoms with van der Waals surface area (Å²) in [4.78, 5) is 13.8. The molecule has 4 nitrogen and oxygen atoms in total. The van der Waals surface area contributed by atoms with Gasteiger partial charge in [0.1, 0.15) is 11.6 Å². The fraction of sp³-hybridized carbons (Fsp3) is 0.462. The number of hydrogen-bond donors (Lipinski definition) is 0. The van der Waals surface area contributed by atoms with Gasteiger partial charge in [-0.3, -0.25) is 4.79 Å². The molecule has 1 atom stereocenters. The van der Waals surface area contributed by atoms with Crippen LogP contribution in [0.3, 0.4) is 0 Å². The van der Waals surface area contributed by atoms with E-state index in [-0.39, 0.29) is 10.9 Å². The maximum absolute atomic E-state index is 12.9. The molecule has 0 bridgehead atoms. The van der Waals surface area contributed by atoms with Crippen LogP contribution in [0.15, 0.2) is 18.2 Å². The Hall–Kier alpha value is -1.33. The summed E-state index contributed by atoms with van der Waals surface area (Å²) in [6, 6.07) is 3.82. The molecule has 1 aromatic carbocycles. The fourth-order valence-electron chi connectivity index (χ4n) is 1.85. The highest BCUT2D eigenvalue weighted by molar-refractivity contribution is 6.32. The van der Waals surface area contributed by atoms with Crippen LogP contribution in [0.5, 0.6) is 5.75 Å². The van der Waals surface area contributed by atoms with Crippen molar-refractivity contribution in [1.29, 1.82) is 0 Å². The Labute approximate surface area is 116 Å². The van der Waals surface area contributed by atoms with Gasteiger partial charge in [0.15, 0.2) is 6.10 Å². The van der Waals surface area contributed by atoms with Crippen LogP contribution in [0.2, 0.25) is 5.02 Å². The number of benzene rings is 1. The molecule has 0 radical (unpaired) electrons. The molecule has 0 spiro atoms. The van der Waals surface area contributed by atoms with Gasteiger partial charge < -0.3 is 14.4 Å². The van der Waals surface area contributed by atoms with Crippen molar-refractivity contribution in [3.05, 3.63) is 29.0 Å². The molecule has 19 heavy (non-hydrogen) atoms. The zero-order chi connectivity index (χ0) is 13.8. The lowest BCUT2D eigenvalue weighted by molar-refractivity contribution is -0.142. The number of carbonyl (C=O) groups excluding carboxylic acids is 1. The van der Waals surface area contributed by atoms with E-state index in [0.29, 0.717) is 32.1 Å². The molecule has 1 amide bonds. The van der Waals surface area contributed by atoms with Gasteiger partial charge >= 0.3 is 0 Å². The van der Waals surface area contributed by atoms with Crippen molar-refractivity contribution in [3.63, 3.8) is 0 Å². The van der Waals surface area contributed by atoms with Crippen LogP contribution in [-0.2, 0) is 9.53 Å². The largest absolute Gasteiger partial charge is 0.479 e. The fourth-order valence-corrected chi connectivity index (χ4v) is 2.06. The second-order valence-electron chi connectivity index (χ2n) is 4.27. The van der Waals surface area contributed by atoms with Gasteiger partial charge in [-0.25, -0.2) is 4.39 Å². The standard InChI is InChI=1S/C13H15ClFNO3/c1-9(13(17)16-4-6-18-7-5-16)19-12-3-2-10(15)8-11(12)14/h2-3,8-9H,4-7H2,1H3/t9-/m1/s1. The number of morpholine rings is 1. The average molecular weight is 288 g/mol. The highest BCUT2D eigenvalue weighted by atomic mass is 35.5. The summed E-state index contributed by atoms with van der Waals surface area (Å²) in [6.07, 6.45) is -0.666. The zero-order valence-electron chi connectivity index (χ0n) is 10.6. The Morgan fingerprint density at radius 3 is 2.79 bits per heavy atom. The first-order chi connectivity index (χ1) is 9.08. The van der Waals surface area contributed by atoms with Crippen molar-refractivity contribution >= 4 is 17.5 Å². The SMILES string of the molecule is C[C@@H](Oc1ccc(F)cc1Cl)C(=O)N1CCOCC1. The van der Waals surface area contributed by atoms with E-state index < -0.39 is 11.9 Å². The van der Waals surface area contributed by atoms with Gasteiger partial charge in [0.25, 0.3) is 5.91 Å². The van der Waals surface area contributed by atoms with Gasteiger partial charge in [0.05, 0.1) is 18.2 Å². The summed E-state index contributed by atoms with van der Waals surface area (Å²) in [5.74, 6) is -0.259. The predicted octanol–water partition coefficient (Wildman–Crippen LogP) is 2.11. The van der Waals surface area contributed by atoms with E-state index in [1.807, 2.05) is 0 Å². The minimum atomic E-state index is -0.666. The topological polar surface area (TPSA) is 38.8 Å². The van der Waals surface area contributed by atoms with Gasteiger partial charge in [-0.1, -0.05) is 11.6 Å². The monoisotopic (exact) mass is 287 g/mol. The van der Waals surface area contributed by atoms with Gasteiger partial charge in [0.2, 0.25) is 0 Å². The maximum Gasteiger partial charge on any atom is 0.263 e. The number of nitrogens with zero attached hydrogens (tertiary/aromatic N) is 1. The predicted molar refractivity (Wildman–Crippen MR) is 68.9 cm³/mol. The van der Waals surface area contributed by atoms with E-state index in [4.69, 9.17) is 21.1 Å². The van der Waals surface area contributed by atoms with Crippen molar-refractivity contribution in [1.82, 2.24) is 4.90 Å². The number of halogens is 2. The van der Waals surface area contributed by atoms with E-state index in [9.17, 15) is 9.18 Å². The Morgan fingerprint density at radius 2 is 2.16 bits per heavy atom. The second kappa shape index (κ2) is 6.21. The molecule has 1 saturated heterocycles. The minimum Gasteiger partial charge on any atom is -0.479 e. The summed E-state index contributed by atoms with van der Waals surface area (Å²) >= 11 is 5.85. The zero-order valence-corrected chi connectivity index (χ0v) is 11.3. The molecular weight excluding hydrogens is 273 g/mol. The molecule has 1 aromatic rings. The molecule has 0 aliphatic carbocycles. The third-order valence-electron chi connectivity index (χ3n) is 2.87. The van der Waals surface area contributed by atoms with Crippen LogP contribution >= 0.6 is 11.6 Å². The molecule has 0 aromatic heterocycles.